The van der Waals surface area contributed by atoms with Crippen molar-refractivity contribution in [3.05, 3.63) is 24.0 Å². The Balaban J connectivity index is 1.94. The smallest absolute Gasteiger partial charge is 0.322 e. The zero-order valence-electron chi connectivity index (χ0n) is 12.1. The average molecular weight is 293 g/mol. The summed E-state index contributed by atoms with van der Waals surface area (Å²) in [6.45, 7) is 4.94. The number of carbonyl (C=O) groups excluding carboxylic acids is 1. The number of aliphatic carboxylic acids is 1. The predicted molar refractivity (Wildman–Crippen MR) is 76.2 cm³/mol. The van der Waals surface area contributed by atoms with Crippen molar-refractivity contribution in [3.8, 4) is 0 Å². The Morgan fingerprint density at radius 2 is 2.05 bits per heavy atom. The summed E-state index contributed by atoms with van der Waals surface area (Å²) < 4.78 is 5.58. The summed E-state index contributed by atoms with van der Waals surface area (Å²) in [4.78, 5) is 28.4. The van der Waals surface area contributed by atoms with E-state index in [0.717, 1.165) is 0 Å². The van der Waals surface area contributed by atoms with Crippen molar-refractivity contribution in [2.75, 3.05) is 18.4 Å². The minimum atomic E-state index is -0.935. The molecular weight excluding hydrogens is 274 g/mol. The van der Waals surface area contributed by atoms with Crippen LogP contribution in [0.25, 0.3) is 0 Å². The minimum Gasteiger partial charge on any atom is -0.481 e. The van der Waals surface area contributed by atoms with E-state index in [0.29, 0.717) is 24.5 Å². The number of pyridine rings is 1. The van der Waals surface area contributed by atoms with Crippen molar-refractivity contribution in [3.63, 3.8) is 0 Å². The third kappa shape index (κ3) is 4.42. The molecule has 0 spiro atoms. The maximum absolute atomic E-state index is 12.2. The number of carboxylic acid groups (broad SMARTS) is 1. The number of hydrogen-bond acceptors (Lipinski definition) is 4. The van der Waals surface area contributed by atoms with Gasteiger partial charge in [-0.2, -0.15) is 0 Å². The number of ether oxygens (including phenoxy) is 1. The van der Waals surface area contributed by atoms with Crippen LogP contribution in [0.1, 0.15) is 19.5 Å². The molecule has 0 unspecified atom stereocenters. The molecule has 114 valence electrons. The van der Waals surface area contributed by atoms with Crippen LogP contribution in [0.3, 0.4) is 0 Å². The van der Waals surface area contributed by atoms with Crippen molar-refractivity contribution in [1.82, 2.24) is 9.88 Å². The molecule has 1 aromatic heterocycles. The first-order valence-electron chi connectivity index (χ1n) is 6.82. The molecule has 0 aliphatic carbocycles. The molecule has 2 N–H and O–H groups in total. The molecule has 2 atom stereocenters. The van der Waals surface area contributed by atoms with E-state index >= 15 is 0 Å². The van der Waals surface area contributed by atoms with Crippen LogP contribution in [-0.4, -0.2) is 52.3 Å². The van der Waals surface area contributed by atoms with Crippen LogP contribution in [-0.2, 0) is 16.0 Å². The fourth-order valence-corrected chi connectivity index (χ4v) is 2.30. The SMILES string of the molecule is C[C@@H]1CN(C(=O)Nc2ccc(CC(=O)O)nc2)C[C@H](C)O1. The first-order valence-corrected chi connectivity index (χ1v) is 6.82. The highest BCUT2D eigenvalue weighted by atomic mass is 16.5. The third-order valence-electron chi connectivity index (χ3n) is 3.12. The highest BCUT2D eigenvalue weighted by Gasteiger charge is 2.25. The minimum absolute atomic E-state index is 0.00978. The molecule has 0 bridgehead atoms. The van der Waals surface area contributed by atoms with Crippen LogP contribution in [0.2, 0.25) is 0 Å². The number of morpholine rings is 1. The summed E-state index contributed by atoms with van der Waals surface area (Å²) >= 11 is 0. The standard InChI is InChI=1S/C14H19N3O4/c1-9-7-17(8-10(2)21-9)14(20)16-12-4-3-11(15-6-12)5-13(18)19/h3-4,6,9-10H,5,7-8H2,1-2H3,(H,16,20)(H,18,19)/t9-,10+. The lowest BCUT2D eigenvalue weighted by Gasteiger charge is -2.35. The summed E-state index contributed by atoms with van der Waals surface area (Å²) in [7, 11) is 0. The maximum Gasteiger partial charge on any atom is 0.322 e. The highest BCUT2D eigenvalue weighted by Crippen LogP contribution is 2.13. The maximum atomic E-state index is 12.2. The number of amides is 2. The van der Waals surface area contributed by atoms with Crippen LogP contribution in [0.15, 0.2) is 18.3 Å². The predicted octanol–water partition coefficient (Wildman–Crippen LogP) is 1.35. The number of urea groups is 1. The van der Waals surface area contributed by atoms with Gasteiger partial charge in [0.2, 0.25) is 0 Å². The first kappa shape index (κ1) is 15.2. The average Bonchev–Trinajstić information content (AvgIpc) is 2.39. The van der Waals surface area contributed by atoms with Crippen molar-refractivity contribution in [2.24, 2.45) is 0 Å². The topological polar surface area (TPSA) is 91.8 Å². The lowest BCUT2D eigenvalue weighted by molar-refractivity contribution is -0.136. The molecule has 21 heavy (non-hydrogen) atoms. The monoisotopic (exact) mass is 293 g/mol. The summed E-state index contributed by atoms with van der Waals surface area (Å²) in [5, 5.41) is 11.4. The second kappa shape index (κ2) is 6.53. The zero-order valence-corrected chi connectivity index (χ0v) is 12.1. The third-order valence-corrected chi connectivity index (χ3v) is 3.12. The van der Waals surface area contributed by atoms with Gasteiger partial charge in [0.1, 0.15) is 0 Å². The molecule has 1 fully saturated rings. The molecule has 0 radical (unpaired) electrons. The van der Waals surface area contributed by atoms with Gasteiger partial charge in [-0.3, -0.25) is 9.78 Å². The van der Waals surface area contributed by atoms with Gasteiger partial charge in [-0.05, 0) is 26.0 Å². The van der Waals surface area contributed by atoms with Gasteiger partial charge in [-0.25, -0.2) is 4.79 Å². The molecule has 1 aliphatic heterocycles. The highest BCUT2D eigenvalue weighted by molar-refractivity contribution is 5.89. The number of hydrogen-bond donors (Lipinski definition) is 2. The van der Waals surface area contributed by atoms with Gasteiger partial charge in [-0.15, -0.1) is 0 Å². The summed E-state index contributed by atoms with van der Waals surface area (Å²) in [6, 6.07) is 3.04. The summed E-state index contributed by atoms with van der Waals surface area (Å²) in [5.74, 6) is -0.935. The summed E-state index contributed by atoms with van der Waals surface area (Å²) in [5.41, 5.74) is 0.995. The van der Waals surface area contributed by atoms with Crippen LogP contribution < -0.4 is 5.32 Å². The van der Waals surface area contributed by atoms with E-state index in [4.69, 9.17) is 9.84 Å². The van der Waals surface area contributed by atoms with Crippen molar-refractivity contribution in [1.29, 1.82) is 0 Å². The van der Waals surface area contributed by atoms with Crippen molar-refractivity contribution >= 4 is 17.7 Å². The molecule has 0 aromatic carbocycles. The zero-order chi connectivity index (χ0) is 15.4. The number of carboxylic acids is 1. The van der Waals surface area contributed by atoms with Crippen LogP contribution in [0.4, 0.5) is 10.5 Å². The summed E-state index contributed by atoms with van der Waals surface area (Å²) in [6.07, 6.45) is 1.35. The van der Waals surface area contributed by atoms with Gasteiger partial charge in [0.05, 0.1) is 36.2 Å². The van der Waals surface area contributed by atoms with Gasteiger partial charge in [0, 0.05) is 13.1 Å². The largest absolute Gasteiger partial charge is 0.481 e. The fraction of sp³-hybridized carbons (Fsp3) is 0.500. The molecule has 2 heterocycles. The van der Waals surface area contributed by atoms with Gasteiger partial charge in [0.15, 0.2) is 0 Å². The van der Waals surface area contributed by atoms with Gasteiger partial charge >= 0.3 is 12.0 Å². The van der Waals surface area contributed by atoms with Crippen molar-refractivity contribution < 1.29 is 19.4 Å². The lowest BCUT2D eigenvalue weighted by atomic mass is 10.2. The second-order valence-electron chi connectivity index (χ2n) is 5.20. The molecule has 2 amide bonds. The Labute approximate surface area is 122 Å². The normalized spacial score (nSPS) is 21.9. The lowest BCUT2D eigenvalue weighted by Crippen LogP contribution is -2.49. The van der Waals surface area contributed by atoms with E-state index in [1.165, 1.54) is 6.20 Å². The molecule has 7 heteroatoms. The number of nitrogens with zero attached hydrogens (tertiary/aromatic N) is 2. The molecule has 7 nitrogen and oxygen atoms in total. The Morgan fingerprint density at radius 1 is 1.38 bits per heavy atom. The van der Waals surface area contributed by atoms with Gasteiger partial charge < -0.3 is 20.1 Å². The fourth-order valence-electron chi connectivity index (χ4n) is 2.30. The molecular formula is C14H19N3O4. The second-order valence-corrected chi connectivity index (χ2v) is 5.20. The van der Waals surface area contributed by atoms with E-state index in [1.54, 1.807) is 17.0 Å². The molecule has 2 rings (SSSR count). The molecule has 1 aromatic rings. The Kier molecular flexibility index (Phi) is 4.74. The van der Waals surface area contributed by atoms with E-state index in [1.807, 2.05) is 13.8 Å². The number of anilines is 1. The molecule has 1 aliphatic rings. The Morgan fingerprint density at radius 3 is 2.57 bits per heavy atom. The molecule has 0 saturated carbocycles. The number of nitrogens with one attached hydrogen (secondary N) is 1. The quantitative estimate of drug-likeness (QED) is 0.877. The van der Waals surface area contributed by atoms with E-state index in [2.05, 4.69) is 10.3 Å². The van der Waals surface area contributed by atoms with E-state index < -0.39 is 5.97 Å². The Hall–Kier alpha value is -2.15. The van der Waals surface area contributed by atoms with Gasteiger partial charge in [-0.1, -0.05) is 0 Å². The van der Waals surface area contributed by atoms with Crippen LogP contribution >= 0.6 is 0 Å². The van der Waals surface area contributed by atoms with E-state index in [9.17, 15) is 9.59 Å². The van der Waals surface area contributed by atoms with Crippen LogP contribution in [0, 0.1) is 0 Å². The first-order chi connectivity index (χ1) is 9.94. The van der Waals surface area contributed by atoms with Crippen molar-refractivity contribution in [2.45, 2.75) is 32.5 Å². The number of aromatic nitrogens is 1. The van der Waals surface area contributed by atoms with Crippen LogP contribution in [0.5, 0.6) is 0 Å². The van der Waals surface area contributed by atoms with E-state index in [-0.39, 0.29) is 24.7 Å². The Bertz CT molecular complexity index is 507. The number of rotatable bonds is 3. The van der Waals surface area contributed by atoms with Gasteiger partial charge in [0.25, 0.3) is 0 Å². The number of carbonyl (C=O) groups is 2. The molecule has 1 saturated heterocycles.